The molecule has 3 heteroatoms. The van der Waals surface area contributed by atoms with Crippen molar-refractivity contribution in [3.05, 3.63) is 0 Å². The molecule has 112 valence electrons. The maximum absolute atomic E-state index is 3.91. The van der Waals surface area contributed by atoms with Crippen LogP contribution in [0.25, 0.3) is 0 Å². The van der Waals surface area contributed by atoms with Gasteiger partial charge in [-0.25, -0.2) is 0 Å². The van der Waals surface area contributed by atoms with E-state index in [2.05, 4.69) is 43.1 Å². The first kappa shape index (κ1) is 15.3. The lowest BCUT2D eigenvalue weighted by Crippen LogP contribution is -2.50. The van der Waals surface area contributed by atoms with Crippen LogP contribution in [0.15, 0.2) is 0 Å². The highest BCUT2D eigenvalue weighted by Gasteiger charge is 2.34. The van der Waals surface area contributed by atoms with Gasteiger partial charge in [0.05, 0.1) is 0 Å². The Morgan fingerprint density at radius 2 is 1.84 bits per heavy atom. The van der Waals surface area contributed by atoms with Gasteiger partial charge >= 0.3 is 0 Å². The van der Waals surface area contributed by atoms with E-state index < -0.39 is 0 Å². The maximum atomic E-state index is 3.91. The number of nitrogens with zero attached hydrogens (tertiary/aromatic N) is 2. The number of rotatable bonds is 7. The molecule has 0 radical (unpaired) electrons. The maximum Gasteiger partial charge on any atom is 0.0242 e. The van der Waals surface area contributed by atoms with Crippen LogP contribution < -0.4 is 5.32 Å². The van der Waals surface area contributed by atoms with Crippen molar-refractivity contribution in [2.45, 2.75) is 51.6 Å². The lowest BCUT2D eigenvalue weighted by atomic mass is 9.91. The van der Waals surface area contributed by atoms with Gasteiger partial charge in [0, 0.05) is 25.2 Å². The Bertz CT molecular complexity index is 263. The van der Waals surface area contributed by atoms with Crippen molar-refractivity contribution >= 4 is 0 Å². The molecule has 0 aromatic carbocycles. The molecule has 2 aliphatic rings. The zero-order valence-corrected chi connectivity index (χ0v) is 13.4. The Morgan fingerprint density at radius 3 is 2.47 bits per heavy atom. The van der Waals surface area contributed by atoms with Gasteiger partial charge in [-0.15, -0.1) is 0 Å². The summed E-state index contributed by atoms with van der Waals surface area (Å²) in [6, 6.07) is 1.46. The molecule has 0 aromatic heterocycles. The molecular formula is C16H33N3. The zero-order valence-electron chi connectivity index (χ0n) is 13.4. The molecule has 4 atom stereocenters. The second kappa shape index (κ2) is 7.05. The molecule has 0 aromatic rings. The topological polar surface area (TPSA) is 18.5 Å². The van der Waals surface area contributed by atoms with Crippen LogP contribution >= 0.6 is 0 Å². The number of fused-ring (bicyclic) bond motifs is 2. The summed E-state index contributed by atoms with van der Waals surface area (Å²) in [5, 5.41) is 3.91. The second-order valence-corrected chi connectivity index (χ2v) is 6.76. The lowest BCUT2D eigenvalue weighted by Gasteiger charge is -2.36. The van der Waals surface area contributed by atoms with Gasteiger partial charge in [0.1, 0.15) is 0 Å². The fraction of sp³-hybridized carbons (Fsp3) is 1.00. The van der Waals surface area contributed by atoms with E-state index in [9.17, 15) is 0 Å². The molecule has 1 N–H and O–H groups in total. The molecule has 0 saturated carbocycles. The van der Waals surface area contributed by atoms with Gasteiger partial charge in [0.25, 0.3) is 0 Å². The molecule has 3 nitrogen and oxygen atoms in total. The van der Waals surface area contributed by atoms with E-state index in [-0.39, 0.29) is 0 Å². The van der Waals surface area contributed by atoms with Crippen LogP contribution in [-0.2, 0) is 0 Å². The Labute approximate surface area is 119 Å². The van der Waals surface area contributed by atoms with Gasteiger partial charge in [0.2, 0.25) is 0 Å². The number of hydrogen-bond donors (Lipinski definition) is 1. The fourth-order valence-electron chi connectivity index (χ4n) is 4.10. The number of likely N-dealkylation sites (N-methyl/N-ethyl adjacent to an activating group) is 1. The quantitative estimate of drug-likeness (QED) is 0.761. The predicted molar refractivity (Wildman–Crippen MR) is 82.5 cm³/mol. The van der Waals surface area contributed by atoms with Crippen molar-refractivity contribution < 1.29 is 0 Å². The molecule has 2 heterocycles. The lowest BCUT2D eigenvalue weighted by molar-refractivity contribution is 0.167. The first-order valence-corrected chi connectivity index (χ1v) is 8.27. The minimum absolute atomic E-state index is 0.689. The molecule has 2 aliphatic heterocycles. The SMILES string of the molecule is CCC(CC)C(CNC1CCN2CCC1C2)N(C)C. The standard InChI is InChI=1S/C16H33N3/c1-5-13(6-2)16(18(3)4)11-17-15-8-10-19-9-7-14(15)12-19/h13-17H,5-12H2,1-4H3. The highest BCUT2D eigenvalue weighted by Crippen LogP contribution is 2.27. The second-order valence-electron chi connectivity index (χ2n) is 6.76. The Balaban J connectivity index is 1.84. The summed E-state index contributed by atoms with van der Waals surface area (Å²) in [4.78, 5) is 5.06. The molecule has 0 amide bonds. The normalized spacial score (nSPS) is 32.2. The van der Waals surface area contributed by atoms with Crippen LogP contribution in [0.5, 0.6) is 0 Å². The van der Waals surface area contributed by atoms with Crippen molar-refractivity contribution in [3.63, 3.8) is 0 Å². The van der Waals surface area contributed by atoms with Crippen LogP contribution in [0.3, 0.4) is 0 Å². The molecule has 0 aliphatic carbocycles. The van der Waals surface area contributed by atoms with Crippen molar-refractivity contribution in [1.29, 1.82) is 0 Å². The molecular weight excluding hydrogens is 234 g/mol. The molecule has 2 saturated heterocycles. The van der Waals surface area contributed by atoms with Crippen molar-refractivity contribution in [2.75, 3.05) is 40.3 Å². The van der Waals surface area contributed by atoms with Crippen molar-refractivity contribution in [1.82, 2.24) is 15.1 Å². The van der Waals surface area contributed by atoms with Crippen LogP contribution in [0.2, 0.25) is 0 Å². The van der Waals surface area contributed by atoms with Crippen LogP contribution in [0, 0.1) is 11.8 Å². The largest absolute Gasteiger partial charge is 0.312 e. The smallest absolute Gasteiger partial charge is 0.0242 e. The summed E-state index contributed by atoms with van der Waals surface area (Å²) in [5.74, 6) is 1.74. The summed E-state index contributed by atoms with van der Waals surface area (Å²) in [6.07, 6.45) is 5.36. The average molecular weight is 267 g/mol. The Morgan fingerprint density at radius 1 is 1.16 bits per heavy atom. The predicted octanol–water partition coefficient (Wildman–Crippen LogP) is 2.04. The van der Waals surface area contributed by atoms with Gasteiger partial charge in [-0.3, -0.25) is 0 Å². The van der Waals surface area contributed by atoms with Gasteiger partial charge in [-0.2, -0.15) is 0 Å². The molecule has 2 rings (SSSR count). The molecule has 2 fully saturated rings. The number of hydrogen-bond acceptors (Lipinski definition) is 3. The number of piperidine rings is 1. The van der Waals surface area contributed by atoms with E-state index in [4.69, 9.17) is 0 Å². The third-order valence-corrected chi connectivity index (χ3v) is 5.48. The summed E-state index contributed by atoms with van der Waals surface area (Å²) in [5.41, 5.74) is 0. The molecule has 19 heavy (non-hydrogen) atoms. The van der Waals surface area contributed by atoms with Crippen LogP contribution in [0.4, 0.5) is 0 Å². The third kappa shape index (κ3) is 3.71. The highest BCUT2D eigenvalue weighted by atomic mass is 15.2. The van der Waals surface area contributed by atoms with E-state index in [0.717, 1.165) is 17.9 Å². The van der Waals surface area contributed by atoms with E-state index in [1.165, 1.54) is 51.9 Å². The molecule has 4 unspecified atom stereocenters. The zero-order chi connectivity index (χ0) is 13.8. The summed E-state index contributed by atoms with van der Waals surface area (Å²) < 4.78 is 0. The third-order valence-electron chi connectivity index (χ3n) is 5.48. The first-order chi connectivity index (χ1) is 9.15. The van der Waals surface area contributed by atoms with E-state index in [0.29, 0.717) is 6.04 Å². The van der Waals surface area contributed by atoms with Gasteiger partial charge in [0.15, 0.2) is 0 Å². The van der Waals surface area contributed by atoms with E-state index in [1.54, 1.807) is 0 Å². The van der Waals surface area contributed by atoms with E-state index in [1.807, 2.05) is 0 Å². The van der Waals surface area contributed by atoms with Crippen molar-refractivity contribution in [2.24, 2.45) is 11.8 Å². The van der Waals surface area contributed by atoms with Gasteiger partial charge < -0.3 is 15.1 Å². The average Bonchev–Trinajstić information content (AvgIpc) is 2.79. The first-order valence-electron chi connectivity index (χ1n) is 8.27. The Kier molecular flexibility index (Phi) is 5.67. The Hall–Kier alpha value is -0.120. The molecule has 2 bridgehead atoms. The van der Waals surface area contributed by atoms with Crippen LogP contribution in [0.1, 0.15) is 39.5 Å². The number of nitrogens with one attached hydrogen (secondary N) is 1. The summed E-state index contributed by atoms with van der Waals surface area (Å²) in [6.45, 7) is 9.83. The minimum Gasteiger partial charge on any atom is -0.312 e. The summed E-state index contributed by atoms with van der Waals surface area (Å²) in [7, 11) is 4.48. The van der Waals surface area contributed by atoms with Gasteiger partial charge in [-0.05, 0) is 51.9 Å². The fourth-order valence-corrected chi connectivity index (χ4v) is 4.10. The minimum atomic E-state index is 0.689. The van der Waals surface area contributed by atoms with Gasteiger partial charge in [-0.1, -0.05) is 26.7 Å². The summed E-state index contributed by atoms with van der Waals surface area (Å²) >= 11 is 0. The van der Waals surface area contributed by atoms with Crippen LogP contribution in [-0.4, -0.2) is 62.2 Å². The van der Waals surface area contributed by atoms with Crippen molar-refractivity contribution in [3.8, 4) is 0 Å². The molecule has 0 spiro atoms. The monoisotopic (exact) mass is 267 g/mol. The van der Waals surface area contributed by atoms with E-state index >= 15 is 0 Å². The highest BCUT2D eigenvalue weighted by molar-refractivity contribution is 4.91.